The van der Waals surface area contributed by atoms with Gasteiger partial charge in [0.25, 0.3) is 5.91 Å². The van der Waals surface area contributed by atoms with E-state index in [2.05, 4.69) is 24.4 Å². The molecule has 2 atom stereocenters. The number of hydrogen-bond donors (Lipinski definition) is 2. The third kappa shape index (κ3) is 5.01. The standard InChI is InChI=1S/C22H30N2O3/c1-14-10-15(2)21(16(3)11-14)23-22(25)17(4)24(5)13-18-8-9-19(26-6)20(12-18)27-7/h8-12,17H,13H2,1-7H3,(H,23,25)/p+1/t17-/m1/s1. The van der Waals surface area contributed by atoms with Gasteiger partial charge >= 0.3 is 0 Å². The molecule has 0 bridgehead atoms. The van der Waals surface area contributed by atoms with Crippen molar-refractivity contribution in [3.8, 4) is 11.5 Å². The summed E-state index contributed by atoms with van der Waals surface area (Å²) < 4.78 is 10.7. The van der Waals surface area contributed by atoms with Crippen LogP contribution < -0.4 is 19.7 Å². The molecule has 5 nitrogen and oxygen atoms in total. The number of ether oxygens (including phenoxy) is 2. The Bertz CT molecular complexity index is 794. The zero-order chi connectivity index (χ0) is 20.1. The summed E-state index contributed by atoms with van der Waals surface area (Å²) in [5, 5.41) is 3.11. The minimum atomic E-state index is -0.196. The third-order valence-electron chi connectivity index (χ3n) is 4.99. The Balaban J connectivity index is 2.08. The molecule has 0 radical (unpaired) electrons. The fraction of sp³-hybridized carbons (Fsp3) is 0.409. The van der Waals surface area contributed by atoms with E-state index >= 15 is 0 Å². The summed E-state index contributed by atoms with van der Waals surface area (Å²) in [6.45, 7) is 8.78. The first-order chi connectivity index (χ1) is 12.8. The van der Waals surface area contributed by atoms with Crippen LogP contribution in [0.2, 0.25) is 0 Å². The van der Waals surface area contributed by atoms with Crippen molar-refractivity contribution in [1.82, 2.24) is 0 Å². The van der Waals surface area contributed by atoms with Crippen LogP contribution in [0.3, 0.4) is 0 Å². The second kappa shape index (κ2) is 8.91. The quantitative estimate of drug-likeness (QED) is 0.787. The van der Waals surface area contributed by atoms with E-state index in [9.17, 15) is 4.79 Å². The maximum atomic E-state index is 12.8. The lowest BCUT2D eigenvalue weighted by atomic mass is 10.0. The molecule has 0 aliphatic heterocycles. The van der Waals surface area contributed by atoms with Crippen LogP contribution in [-0.2, 0) is 11.3 Å². The molecule has 0 fully saturated rings. The molecular formula is C22H31N2O3+. The lowest BCUT2D eigenvalue weighted by molar-refractivity contribution is -0.907. The van der Waals surface area contributed by atoms with Crippen LogP contribution in [0, 0.1) is 20.8 Å². The molecule has 1 unspecified atom stereocenters. The number of anilines is 1. The Labute approximate surface area is 162 Å². The van der Waals surface area contributed by atoms with Gasteiger partial charge in [-0.1, -0.05) is 17.7 Å². The first-order valence-electron chi connectivity index (χ1n) is 9.18. The third-order valence-corrected chi connectivity index (χ3v) is 4.99. The second-order valence-corrected chi connectivity index (χ2v) is 7.20. The highest BCUT2D eigenvalue weighted by Crippen LogP contribution is 2.27. The number of quaternary nitrogens is 1. The van der Waals surface area contributed by atoms with Crippen LogP contribution in [0.1, 0.15) is 29.2 Å². The Morgan fingerprint density at radius 1 is 1.04 bits per heavy atom. The number of methoxy groups -OCH3 is 2. The van der Waals surface area contributed by atoms with Gasteiger partial charge in [0.2, 0.25) is 0 Å². The van der Waals surface area contributed by atoms with Crippen LogP contribution in [0.25, 0.3) is 0 Å². The van der Waals surface area contributed by atoms with Crippen molar-refractivity contribution in [2.24, 2.45) is 0 Å². The highest BCUT2D eigenvalue weighted by molar-refractivity contribution is 5.95. The lowest BCUT2D eigenvalue weighted by Crippen LogP contribution is -3.12. The summed E-state index contributed by atoms with van der Waals surface area (Å²) in [6, 6.07) is 9.84. The number of carbonyl (C=O) groups is 1. The fourth-order valence-corrected chi connectivity index (χ4v) is 3.30. The van der Waals surface area contributed by atoms with Crippen LogP contribution in [-0.4, -0.2) is 33.2 Å². The van der Waals surface area contributed by atoms with Crippen LogP contribution in [0.5, 0.6) is 11.5 Å². The molecule has 2 aromatic carbocycles. The number of benzene rings is 2. The number of aryl methyl sites for hydroxylation is 3. The van der Waals surface area contributed by atoms with Gasteiger partial charge < -0.3 is 19.7 Å². The Morgan fingerprint density at radius 2 is 1.63 bits per heavy atom. The molecule has 27 heavy (non-hydrogen) atoms. The highest BCUT2D eigenvalue weighted by Gasteiger charge is 2.23. The first-order valence-corrected chi connectivity index (χ1v) is 9.18. The molecule has 0 aromatic heterocycles. The summed E-state index contributed by atoms with van der Waals surface area (Å²) in [5.74, 6) is 1.42. The van der Waals surface area contributed by atoms with Crippen molar-refractivity contribution in [3.05, 3.63) is 52.6 Å². The van der Waals surface area contributed by atoms with Gasteiger partial charge in [-0.15, -0.1) is 0 Å². The Kier molecular flexibility index (Phi) is 6.86. The summed E-state index contributed by atoms with van der Waals surface area (Å²) in [6.07, 6.45) is 0. The van der Waals surface area contributed by atoms with Gasteiger partial charge in [-0.2, -0.15) is 0 Å². The van der Waals surface area contributed by atoms with E-state index in [4.69, 9.17) is 9.47 Å². The van der Waals surface area contributed by atoms with Crippen molar-refractivity contribution in [1.29, 1.82) is 0 Å². The van der Waals surface area contributed by atoms with E-state index in [1.165, 1.54) is 5.56 Å². The van der Waals surface area contributed by atoms with Crippen molar-refractivity contribution in [3.63, 3.8) is 0 Å². The van der Waals surface area contributed by atoms with Gasteiger partial charge in [0, 0.05) is 11.3 Å². The zero-order valence-electron chi connectivity index (χ0n) is 17.4. The minimum absolute atomic E-state index is 0.0167. The number of likely N-dealkylation sites (N-methyl/N-ethyl adjacent to an activating group) is 1. The van der Waals surface area contributed by atoms with E-state index in [1.54, 1.807) is 14.2 Å². The van der Waals surface area contributed by atoms with Crippen molar-refractivity contribution >= 4 is 11.6 Å². The van der Waals surface area contributed by atoms with Gasteiger partial charge in [-0.3, -0.25) is 4.79 Å². The van der Waals surface area contributed by atoms with Crippen molar-refractivity contribution < 1.29 is 19.2 Å². The maximum Gasteiger partial charge on any atom is 0.282 e. The topological polar surface area (TPSA) is 52.0 Å². The van der Waals surface area contributed by atoms with Crippen LogP contribution >= 0.6 is 0 Å². The molecule has 0 spiro atoms. The maximum absolute atomic E-state index is 12.8. The smallest absolute Gasteiger partial charge is 0.282 e. The Hall–Kier alpha value is -2.53. The largest absolute Gasteiger partial charge is 0.493 e. The monoisotopic (exact) mass is 371 g/mol. The molecule has 0 aliphatic carbocycles. The second-order valence-electron chi connectivity index (χ2n) is 7.20. The highest BCUT2D eigenvalue weighted by atomic mass is 16.5. The molecule has 2 N–H and O–H groups in total. The molecule has 1 amide bonds. The molecule has 0 heterocycles. The number of rotatable bonds is 7. The van der Waals surface area contributed by atoms with E-state index in [0.29, 0.717) is 18.0 Å². The van der Waals surface area contributed by atoms with Crippen LogP contribution in [0.15, 0.2) is 30.3 Å². The molecule has 2 aromatic rings. The normalized spacial score (nSPS) is 13.0. The summed E-state index contributed by atoms with van der Waals surface area (Å²) in [4.78, 5) is 13.9. The number of hydrogen-bond acceptors (Lipinski definition) is 3. The fourth-order valence-electron chi connectivity index (χ4n) is 3.30. The molecular weight excluding hydrogens is 340 g/mol. The van der Waals surface area contributed by atoms with Gasteiger partial charge in [-0.25, -0.2) is 0 Å². The van der Waals surface area contributed by atoms with Gasteiger partial charge in [-0.05, 0) is 57.0 Å². The average molecular weight is 372 g/mol. The number of amides is 1. The minimum Gasteiger partial charge on any atom is -0.493 e. The Morgan fingerprint density at radius 3 is 2.19 bits per heavy atom. The van der Waals surface area contributed by atoms with E-state index in [-0.39, 0.29) is 11.9 Å². The summed E-state index contributed by atoms with van der Waals surface area (Å²) >= 11 is 0. The molecule has 5 heteroatoms. The average Bonchev–Trinajstić information content (AvgIpc) is 2.63. The number of nitrogens with one attached hydrogen (secondary N) is 2. The van der Waals surface area contributed by atoms with E-state index in [1.807, 2.05) is 46.0 Å². The van der Waals surface area contributed by atoms with E-state index < -0.39 is 0 Å². The predicted molar refractivity (Wildman–Crippen MR) is 109 cm³/mol. The lowest BCUT2D eigenvalue weighted by Gasteiger charge is -2.22. The zero-order valence-corrected chi connectivity index (χ0v) is 17.4. The van der Waals surface area contributed by atoms with Gasteiger partial charge in [0.05, 0.1) is 21.3 Å². The summed E-state index contributed by atoms with van der Waals surface area (Å²) in [5.41, 5.74) is 5.38. The first kappa shape index (κ1) is 20.8. The number of carbonyl (C=O) groups excluding carboxylic acids is 1. The van der Waals surface area contributed by atoms with Crippen molar-refractivity contribution in [2.45, 2.75) is 40.3 Å². The molecule has 0 aliphatic rings. The summed E-state index contributed by atoms with van der Waals surface area (Å²) in [7, 11) is 5.27. The molecule has 2 rings (SSSR count). The van der Waals surface area contributed by atoms with E-state index in [0.717, 1.165) is 27.3 Å². The van der Waals surface area contributed by atoms with Crippen molar-refractivity contribution in [2.75, 3.05) is 26.6 Å². The molecule has 0 saturated heterocycles. The molecule has 146 valence electrons. The van der Waals surface area contributed by atoms with Gasteiger partial charge in [0.15, 0.2) is 17.5 Å². The van der Waals surface area contributed by atoms with Gasteiger partial charge in [0.1, 0.15) is 6.54 Å². The predicted octanol–water partition coefficient (Wildman–Crippen LogP) is 2.67. The molecule has 0 saturated carbocycles. The van der Waals surface area contributed by atoms with Crippen LogP contribution in [0.4, 0.5) is 5.69 Å². The SMILES string of the molecule is COc1ccc(C[NH+](C)[C@H](C)C(=O)Nc2c(C)cc(C)cc2C)cc1OC.